The highest BCUT2D eigenvalue weighted by Crippen LogP contribution is 1.80. The van der Waals surface area contributed by atoms with Crippen LogP contribution < -0.4 is 11.1 Å². The van der Waals surface area contributed by atoms with Crippen LogP contribution in [0.3, 0.4) is 0 Å². The summed E-state index contributed by atoms with van der Waals surface area (Å²) in [6.07, 6.45) is 0. The van der Waals surface area contributed by atoms with Gasteiger partial charge in [-0.2, -0.15) is 0 Å². The fraction of sp³-hybridized carbons (Fsp3) is 0.800. The van der Waals surface area contributed by atoms with Crippen molar-refractivity contribution >= 4 is 5.84 Å². The number of oxime groups is 1. The van der Waals surface area contributed by atoms with E-state index in [2.05, 4.69) is 10.5 Å². The van der Waals surface area contributed by atoms with Crippen LogP contribution in [-0.4, -0.2) is 30.3 Å². The third kappa shape index (κ3) is 3.24. The third-order valence-electron chi connectivity index (χ3n) is 1.10. The van der Waals surface area contributed by atoms with Gasteiger partial charge in [-0.05, 0) is 6.92 Å². The van der Waals surface area contributed by atoms with E-state index in [-0.39, 0.29) is 18.4 Å². The molecule has 0 rings (SSSR count). The number of rotatable bonds is 4. The van der Waals surface area contributed by atoms with Crippen LogP contribution in [0.5, 0.6) is 0 Å². The lowest BCUT2D eigenvalue weighted by atomic mass is 10.3. The highest BCUT2D eigenvalue weighted by atomic mass is 19.1. The summed E-state index contributed by atoms with van der Waals surface area (Å²) in [4.78, 5) is 0. The predicted molar refractivity (Wildman–Crippen MR) is 36.8 cm³/mol. The van der Waals surface area contributed by atoms with Crippen molar-refractivity contribution in [1.29, 1.82) is 0 Å². The number of hydrogen-bond acceptors (Lipinski definition) is 3. The maximum absolute atomic E-state index is 11.5. The van der Waals surface area contributed by atoms with E-state index in [1.165, 1.54) is 0 Å². The maximum Gasteiger partial charge on any atom is 0.156 e. The number of alkyl halides is 1. The molecule has 0 amide bonds. The van der Waals surface area contributed by atoms with Crippen molar-refractivity contribution in [3.05, 3.63) is 0 Å². The van der Waals surface area contributed by atoms with E-state index in [4.69, 9.17) is 10.9 Å². The zero-order valence-corrected chi connectivity index (χ0v) is 5.84. The second-order valence-electron chi connectivity index (χ2n) is 1.89. The normalized spacial score (nSPS) is 15.2. The van der Waals surface area contributed by atoms with Gasteiger partial charge in [0.2, 0.25) is 0 Å². The molecule has 0 bridgehead atoms. The quantitative estimate of drug-likeness (QED) is 0.222. The molecule has 4 N–H and O–H groups in total. The molecule has 0 aromatic carbocycles. The molecule has 0 radical (unpaired) electrons. The van der Waals surface area contributed by atoms with Crippen LogP contribution in [0.1, 0.15) is 6.92 Å². The molecule has 1 unspecified atom stereocenters. The molecule has 0 heterocycles. The van der Waals surface area contributed by atoms with E-state index in [9.17, 15) is 4.39 Å². The average Bonchev–Trinajstić information content (AvgIpc) is 1.98. The molecular weight excluding hydrogens is 137 g/mol. The molecule has 4 nitrogen and oxygen atoms in total. The topological polar surface area (TPSA) is 70.6 Å². The molecule has 0 aliphatic heterocycles. The summed E-state index contributed by atoms with van der Waals surface area (Å²) >= 11 is 0. The molecule has 0 saturated heterocycles. The Morgan fingerprint density at radius 1 is 1.90 bits per heavy atom. The first kappa shape index (κ1) is 9.16. The lowest BCUT2D eigenvalue weighted by Gasteiger charge is -2.09. The first-order valence-corrected chi connectivity index (χ1v) is 2.99. The van der Waals surface area contributed by atoms with Crippen molar-refractivity contribution in [2.45, 2.75) is 13.0 Å². The monoisotopic (exact) mass is 149 g/mol. The number of nitrogens with two attached hydrogens (primary N) is 1. The summed E-state index contributed by atoms with van der Waals surface area (Å²) in [6.45, 7) is 1.45. The highest BCUT2D eigenvalue weighted by Gasteiger charge is 2.04. The van der Waals surface area contributed by atoms with Crippen molar-refractivity contribution in [2.24, 2.45) is 10.9 Å². The van der Waals surface area contributed by atoms with Crippen LogP contribution >= 0.6 is 0 Å². The molecule has 0 fully saturated rings. The SMILES string of the molecule is CC(NCCF)/C(N)=N/O. The van der Waals surface area contributed by atoms with Gasteiger partial charge >= 0.3 is 0 Å². The van der Waals surface area contributed by atoms with E-state index >= 15 is 0 Å². The van der Waals surface area contributed by atoms with Gasteiger partial charge in [-0.3, -0.25) is 0 Å². The van der Waals surface area contributed by atoms with Gasteiger partial charge in [-0.25, -0.2) is 4.39 Å². The van der Waals surface area contributed by atoms with E-state index in [1.54, 1.807) is 6.92 Å². The van der Waals surface area contributed by atoms with Crippen LogP contribution in [-0.2, 0) is 0 Å². The molecule has 1 atom stereocenters. The average molecular weight is 149 g/mol. The second kappa shape index (κ2) is 4.99. The minimum atomic E-state index is -0.455. The second-order valence-corrected chi connectivity index (χ2v) is 1.89. The van der Waals surface area contributed by atoms with E-state index < -0.39 is 6.67 Å². The molecule has 0 aromatic rings. The highest BCUT2D eigenvalue weighted by molar-refractivity contribution is 5.84. The zero-order chi connectivity index (χ0) is 7.98. The number of nitrogens with zero attached hydrogens (tertiary/aromatic N) is 1. The third-order valence-corrected chi connectivity index (χ3v) is 1.10. The first-order valence-electron chi connectivity index (χ1n) is 2.99. The smallest absolute Gasteiger partial charge is 0.156 e. The van der Waals surface area contributed by atoms with Crippen LogP contribution in [0.4, 0.5) is 4.39 Å². The van der Waals surface area contributed by atoms with Gasteiger partial charge in [0.25, 0.3) is 0 Å². The molecule has 0 spiro atoms. The minimum Gasteiger partial charge on any atom is -0.409 e. The van der Waals surface area contributed by atoms with E-state index in [1.807, 2.05) is 0 Å². The van der Waals surface area contributed by atoms with Crippen molar-refractivity contribution in [1.82, 2.24) is 5.32 Å². The number of amidine groups is 1. The van der Waals surface area contributed by atoms with Crippen molar-refractivity contribution in [2.75, 3.05) is 13.2 Å². The Morgan fingerprint density at radius 3 is 2.90 bits per heavy atom. The molecule has 10 heavy (non-hydrogen) atoms. The predicted octanol–water partition coefficient (Wildman–Crippen LogP) is -0.320. The molecule has 0 saturated carbocycles. The van der Waals surface area contributed by atoms with Crippen LogP contribution in [0.15, 0.2) is 5.16 Å². The molecule has 60 valence electrons. The van der Waals surface area contributed by atoms with Crippen LogP contribution in [0.2, 0.25) is 0 Å². The maximum atomic E-state index is 11.5. The summed E-state index contributed by atoms with van der Waals surface area (Å²) in [5.74, 6) is 0.0634. The van der Waals surface area contributed by atoms with Gasteiger partial charge < -0.3 is 16.3 Å². The van der Waals surface area contributed by atoms with Gasteiger partial charge in [0.15, 0.2) is 5.84 Å². The Kier molecular flexibility index (Phi) is 4.57. The van der Waals surface area contributed by atoms with Crippen LogP contribution in [0.25, 0.3) is 0 Å². The molecule has 5 heteroatoms. The summed E-state index contributed by atoms with van der Waals surface area (Å²) in [7, 11) is 0. The lowest BCUT2D eigenvalue weighted by Crippen LogP contribution is -2.39. The van der Waals surface area contributed by atoms with E-state index in [0.29, 0.717) is 0 Å². The van der Waals surface area contributed by atoms with Gasteiger partial charge in [0, 0.05) is 6.54 Å². The van der Waals surface area contributed by atoms with Crippen molar-refractivity contribution < 1.29 is 9.60 Å². The molecule has 0 aromatic heterocycles. The summed E-state index contributed by atoms with van der Waals surface area (Å²) in [6, 6.07) is -0.277. The summed E-state index contributed by atoms with van der Waals surface area (Å²) < 4.78 is 11.5. The Labute approximate surface area is 58.9 Å². The number of halogens is 1. The van der Waals surface area contributed by atoms with Gasteiger partial charge in [-0.15, -0.1) is 0 Å². The molecule has 0 aliphatic carbocycles. The Bertz CT molecular complexity index is 117. The van der Waals surface area contributed by atoms with Gasteiger partial charge in [0.1, 0.15) is 6.67 Å². The van der Waals surface area contributed by atoms with Crippen LogP contribution in [0, 0.1) is 0 Å². The Balaban J connectivity index is 3.51. The summed E-state index contributed by atoms with van der Waals surface area (Å²) in [5.41, 5.74) is 5.17. The van der Waals surface area contributed by atoms with Gasteiger partial charge in [-0.1, -0.05) is 5.16 Å². The first-order chi connectivity index (χ1) is 4.72. The van der Waals surface area contributed by atoms with E-state index in [0.717, 1.165) is 0 Å². The zero-order valence-electron chi connectivity index (χ0n) is 5.84. The molecular formula is C5H12FN3O. The van der Waals surface area contributed by atoms with Crippen molar-refractivity contribution in [3.63, 3.8) is 0 Å². The summed E-state index contributed by atoms with van der Waals surface area (Å²) in [5, 5.41) is 13.6. The molecule has 0 aliphatic rings. The number of hydrogen-bond donors (Lipinski definition) is 3. The minimum absolute atomic E-state index is 0.0634. The number of nitrogens with one attached hydrogen (secondary N) is 1. The largest absolute Gasteiger partial charge is 0.409 e. The standard InChI is InChI=1S/C5H12FN3O/c1-4(5(7)9-10)8-3-2-6/h4,8,10H,2-3H2,1H3,(H2,7,9). The van der Waals surface area contributed by atoms with Gasteiger partial charge in [0.05, 0.1) is 6.04 Å². The fourth-order valence-electron chi connectivity index (χ4n) is 0.462. The Hall–Kier alpha value is -0.840. The van der Waals surface area contributed by atoms with Crippen molar-refractivity contribution in [3.8, 4) is 0 Å². The Morgan fingerprint density at radius 2 is 2.50 bits per heavy atom. The fourth-order valence-corrected chi connectivity index (χ4v) is 0.462. The lowest BCUT2D eigenvalue weighted by molar-refractivity contribution is 0.314.